The molecule has 1 atom stereocenters. The molecule has 0 N–H and O–H groups in total. The maximum absolute atomic E-state index is 12.5. The smallest absolute Gasteiger partial charge is 0.286 e. The predicted octanol–water partition coefficient (Wildman–Crippen LogP) is 5.61. The van der Waals surface area contributed by atoms with Crippen LogP contribution in [0.5, 0.6) is 0 Å². The number of carbonyl (C=O) groups is 1. The van der Waals surface area contributed by atoms with Crippen LogP contribution in [0.4, 0.5) is 4.79 Å². The Kier molecular flexibility index (Phi) is 5.76. The second kappa shape index (κ2) is 8.20. The second-order valence-corrected chi connectivity index (χ2v) is 7.10. The third-order valence-corrected chi connectivity index (χ3v) is 5.31. The second-order valence-electron chi connectivity index (χ2n) is 6.08. The van der Waals surface area contributed by atoms with Crippen LogP contribution in [0, 0.1) is 0 Å². The molecule has 1 unspecified atom stereocenters. The first kappa shape index (κ1) is 16.8. The van der Waals surface area contributed by atoms with Gasteiger partial charge in [-0.1, -0.05) is 74.0 Å². The molecular formula is C21H23NOS. The van der Waals surface area contributed by atoms with Crippen molar-refractivity contribution in [2.24, 2.45) is 0 Å². The standard InChI is InChI=1S/C21H23NOS/c1-2-3-14-22-19(15-17-10-6-4-7-11-17)20(24-21(22)23)16-18-12-8-5-9-13-18/h4-13,16,19H,2-3,14-15H2,1H3/b20-16-. The Labute approximate surface area is 148 Å². The summed E-state index contributed by atoms with van der Waals surface area (Å²) < 4.78 is 0. The average Bonchev–Trinajstić information content (AvgIpc) is 2.89. The number of rotatable bonds is 6. The maximum atomic E-state index is 12.5. The fourth-order valence-corrected chi connectivity index (χ4v) is 4.05. The van der Waals surface area contributed by atoms with Gasteiger partial charge in [0, 0.05) is 11.4 Å². The molecule has 24 heavy (non-hydrogen) atoms. The highest BCUT2D eigenvalue weighted by molar-refractivity contribution is 8.17. The van der Waals surface area contributed by atoms with Crippen molar-refractivity contribution < 1.29 is 4.79 Å². The zero-order valence-electron chi connectivity index (χ0n) is 14.0. The van der Waals surface area contributed by atoms with E-state index in [0.717, 1.165) is 36.3 Å². The SMILES string of the molecule is CCCCN1C(=O)S/C(=C\c2ccccc2)C1Cc1ccccc1. The van der Waals surface area contributed by atoms with Crippen molar-refractivity contribution >= 4 is 23.1 Å². The third-order valence-electron chi connectivity index (χ3n) is 4.28. The van der Waals surface area contributed by atoms with E-state index in [2.05, 4.69) is 54.3 Å². The van der Waals surface area contributed by atoms with Crippen molar-refractivity contribution in [3.8, 4) is 0 Å². The van der Waals surface area contributed by atoms with E-state index in [9.17, 15) is 4.79 Å². The first-order valence-corrected chi connectivity index (χ1v) is 9.38. The molecule has 1 aliphatic rings. The van der Waals surface area contributed by atoms with E-state index in [4.69, 9.17) is 0 Å². The van der Waals surface area contributed by atoms with E-state index in [0.29, 0.717) is 0 Å². The number of nitrogens with zero attached hydrogens (tertiary/aromatic N) is 1. The van der Waals surface area contributed by atoms with Crippen molar-refractivity contribution in [1.82, 2.24) is 4.90 Å². The molecule has 0 saturated carbocycles. The summed E-state index contributed by atoms with van der Waals surface area (Å²) in [6.07, 6.45) is 5.20. The summed E-state index contributed by atoms with van der Waals surface area (Å²) in [4.78, 5) is 15.7. The molecule has 2 aromatic rings. The molecular weight excluding hydrogens is 314 g/mol. The van der Waals surface area contributed by atoms with Crippen LogP contribution < -0.4 is 0 Å². The van der Waals surface area contributed by atoms with Gasteiger partial charge in [-0.3, -0.25) is 4.79 Å². The Morgan fingerprint density at radius 1 is 1.04 bits per heavy atom. The van der Waals surface area contributed by atoms with Gasteiger partial charge in [0.15, 0.2) is 0 Å². The minimum atomic E-state index is 0.150. The number of benzene rings is 2. The van der Waals surface area contributed by atoms with Crippen molar-refractivity contribution in [3.05, 3.63) is 76.7 Å². The first-order chi connectivity index (χ1) is 11.8. The van der Waals surface area contributed by atoms with Gasteiger partial charge in [0.05, 0.1) is 6.04 Å². The highest BCUT2D eigenvalue weighted by Gasteiger charge is 2.35. The molecule has 2 nitrogen and oxygen atoms in total. The molecule has 3 heteroatoms. The number of carbonyl (C=O) groups excluding carboxylic acids is 1. The number of unbranched alkanes of at least 4 members (excludes halogenated alkanes) is 1. The lowest BCUT2D eigenvalue weighted by atomic mass is 10.0. The van der Waals surface area contributed by atoms with Gasteiger partial charge >= 0.3 is 0 Å². The maximum Gasteiger partial charge on any atom is 0.286 e. The average molecular weight is 337 g/mol. The third kappa shape index (κ3) is 4.09. The van der Waals surface area contributed by atoms with E-state index < -0.39 is 0 Å². The van der Waals surface area contributed by atoms with Crippen molar-refractivity contribution in [3.63, 3.8) is 0 Å². The van der Waals surface area contributed by atoms with Crippen LogP contribution >= 0.6 is 11.8 Å². The monoisotopic (exact) mass is 337 g/mol. The Bertz CT molecular complexity index is 696. The van der Waals surface area contributed by atoms with Gasteiger partial charge in [-0.25, -0.2) is 0 Å². The topological polar surface area (TPSA) is 20.3 Å². The van der Waals surface area contributed by atoms with Gasteiger partial charge in [0.1, 0.15) is 0 Å². The normalized spacial score (nSPS) is 19.2. The molecule has 0 aromatic heterocycles. The predicted molar refractivity (Wildman–Crippen MR) is 103 cm³/mol. The lowest BCUT2D eigenvalue weighted by Crippen LogP contribution is -2.35. The van der Waals surface area contributed by atoms with Gasteiger partial charge in [-0.2, -0.15) is 0 Å². The van der Waals surface area contributed by atoms with Gasteiger partial charge in [-0.15, -0.1) is 0 Å². The molecule has 1 heterocycles. The van der Waals surface area contributed by atoms with Crippen LogP contribution in [0.15, 0.2) is 65.6 Å². The number of hydrogen-bond acceptors (Lipinski definition) is 2. The molecule has 124 valence electrons. The molecule has 1 fully saturated rings. The van der Waals surface area contributed by atoms with Gasteiger partial charge in [0.25, 0.3) is 5.24 Å². The van der Waals surface area contributed by atoms with E-state index in [1.54, 1.807) is 0 Å². The summed E-state index contributed by atoms with van der Waals surface area (Å²) in [5.41, 5.74) is 2.43. The van der Waals surface area contributed by atoms with E-state index in [1.165, 1.54) is 17.3 Å². The Morgan fingerprint density at radius 2 is 1.71 bits per heavy atom. The number of thioether (sulfide) groups is 1. The summed E-state index contributed by atoms with van der Waals surface area (Å²) >= 11 is 1.39. The minimum Gasteiger partial charge on any atom is -0.325 e. The van der Waals surface area contributed by atoms with Crippen LogP contribution in [-0.2, 0) is 6.42 Å². The molecule has 0 bridgehead atoms. The minimum absolute atomic E-state index is 0.150. The molecule has 3 rings (SSSR count). The molecule has 1 saturated heterocycles. The van der Waals surface area contributed by atoms with Gasteiger partial charge < -0.3 is 4.90 Å². The van der Waals surface area contributed by atoms with Crippen molar-refractivity contribution in [1.29, 1.82) is 0 Å². The first-order valence-electron chi connectivity index (χ1n) is 8.57. The van der Waals surface area contributed by atoms with Crippen molar-refractivity contribution in [2.75, 3.05) is 6.54 Å². The van der Waals surface area contributed by atoms with Crippen molar-refractivity contribution in [2.45, 2.75) is 32.2 Å². The summed E-state index contributed by atoms with van der Waals surface area (Å²) in [5, 5.41) is 0.187. The highest BCUT2D eigenvalue weighted by Crippen LogP contribution is 2.38. The Morgan fingerprint density at radius 3 is 2.38 bits per heavy atom. The molecule has 1 amide bonds. The number of hydrogen-bond donors (Lipinski definition) is 0. The van der Waals surface area contributed by atoms with Crippen LogP contribution in [0.3, 0.4) is 0 Å². The van der Waals surface area contributed by atoms with E-state index in [-0.39, 0.29) is 11.3 Å². The van der Waals surface area contributed by atoms with Crippen LogP contribution in [0.25, 0.3) is 6.08 Å². The zero-order valence-corrected chi connectivity index (χ0v) is 14.8. The summed E-state index contributed by atoms with van der Waals surface area (Å²) in [6, 6.07) is 20.9. The molecule has 1 aliphatic heterocycles. The molecule has 0 radical (unpaired) electrons. The molecule has 0 aliphatic carbocycles. The summed E-state index contributed by atoms with van der Waals surface area (Å²) in [6.45, 7) is 3.01. The fraction of sp³-hybridized carbons (Fsp3) is 0.286. The lowest BCUT2D eigenvalue weighted by molar-refractivity contribution is 0.213. The fourth-order valence-electron chi connectivity index (χ4n) is 2.97. The summed E-state index contributed by atoms with van der Waals surface area (Å²) in [7, 11) is 0. The Balaban J connectivity index is 1.88. The van der Waals surface area contributed by atoms with E-state index in [1.807, 2.05) is 24.3 Å². The summed E-state index contributed by atoms with van der Waals surface area (Å²) in [5.74, 6) is 0. The van der Waals surface area contributed by atoms with Crippen LogP contribution in [0.1, 0.15) is 30.9 Å². The molecule has 0 spiro atoms. The lowest BCUT2D eigenvalue weighted by Gasteiger charge is -2.24. The van der Waals surface area contributed by atoms with Gasteiger partial charge in [0.2, 0.25) is 0 Å². The quantitative estimate of drug-likeness (QED) is 0.683. The number of amides is 1. The molecule has 2 aromatic carbocycles. The van der Waals surface area contributed by atoms with Gasteiger partial charge in [-0.05, 0) is 41.8 Å². The van der Waals surface area contributed by atoms with E-state index >= 15 is 0 Å². The Hall–Kier alpha value is -2.00. The van der Waals surface area contributed by atoms with Crippen LogP contribution in [0.2, 0.25) is 0 Å². The zero-order chi connectivity index (χ0) is 16.8. The largest absolute Gasteiger partial charge is 0.325 e. The van der Waals surface area contributed by atoms with Crippen LogP contribution in [-0.4, -0.2) is 22.7 Å². The highest BCUT2D eigenvalue weighted by atomic mass is 32.2.